The maximum atomic E-state index is 12.3. The van der Waals surface area contributed by atoms with Gasteiger partial charge < -0.3 is 4.18 Å². The second kappa shape index (κ2) is 3.97. The summed E-state index contributed by atoms with van der Waals surface area (Å²) in [4.78, 5) is 3.55. The Labute approximate surface area is 77.3 Å². The molecule has 0 aliphatic carbocycles. The van der Waals surface area contributed by atoms with E-state index in [1.165, 1.54) is 19.4 Å². The van der Waals surface area contributed by atoms with Crippen LogP contribution >= 0.6 is 12.0 Å². The molecule has 1 aromatic rings. The van der Waals surface area contributed by atoms with Gasteiger partial charge in [0.2, 0.25) is 0 Å². The number of alkyl halides is 3. The summed E-state index contributed by atoms with van der Waals surface area (Å²) in [6.45, 7) is 0. The zero-order valence-electron chi connectivity index (χ0n) is 6.63. The minimum Gasteiger partial charge on any atom is -0.312 e. The zero-order chi connectivity index (χ0) is 9.90. The van der Waals surface area contributed by atoms with Crippen molar-refractivity contribution in [2.24, 2.45) is 0 Å². The van der Waals surface area contributed by atoms with Gasteiger partial charge in [0.1, 0.15) is 5.03 Å². The molecule has 0 saturated carbocycles. The Bertz CT molecular complexity index is 289. The van der Waals surface area contributed by atoms with Gasteiger partial charge in [0.25, 0.3) is 0 Å². The molecule has 2 nitrogen and oxygen atoms in total. The summed E-state index contributed by atoms with van der Waals surface area (Å²) in [6, 6.07) is 2.21. The Hall–Kier alpha value is -0.750. The molecule has 1 heterocycles. The van der Waals surface area contributed by atoms with Crippen molar-refractivity contribution in [3.63, 3.8) is 0 Å². The summed E-state index contributed by atoms with van der Waals surface area (Å²) < 4.78 is 41.3. The van der Waals surface area contributed by atoms with E-state index in [0.29, 0.717) is 12.0 Å². The van der Waals surface area contributed by atoms with E-state index in [9.17, 15) is 13.2 Å². The topological polar surface area (TPSA) is 22.1 Å². The van der Waals surface area contributed by atoms with Crippen LogP contribution in [-0.4, -0.2) is 12.1 Å². The number of halogens is 3. The average molecular weight is 209 g/mol. The van der Waals surface area contributed by atoms with E-state index in [4.69, 9.17) is 0 Å². The summed E-state index contributed by atoms with van der Waals surface area (Å²) in [5.41, 5.74) is -0.776. The first kappa shape index (κ1) is 10.3. The van der Waals surface area contributed by atoms with Crippen LogP contribution < -0.4 is 0 Å². The van der Waals surface area contributed by atoms with Gasteiger partial charge in [-0.3, -0.25) is 0 Å². The third-order valence-corrected chi connectivity index (χ3v) is 1.89. The maximum absolute atomic E-state index is 12.3. The molecule has 1 rings (SSSR count). The van der Waals surface area contributed by atoms with Crippen molar-refractivity contribution in [3.05, 3.63) is 23.9 Å². The largest absolute Gasteiger partial charge is 0.419 e. The van der Waals surface area contributed by atoms with Gasteiger partial charge in [-0.1, -0.05) is 0 Å². The molecule has 0 radical (unpaired) electrons. The van der Waals surface area contributed by atoms with Crippen molar-refractivity contribution in [3.8, 4) is 0 Å². The molecule has 0 fully saturated rings. The number of aromatic nitrogens is 1. The standard InChI is InChI=1S/C7H6F3NOS/c1-12-13-6-5(7(8,9)10)3-2-4-11-6/h2-4H,1H3. The normalized spacial score (nSPS) is 11.7. The lowest BCUT2D eigenvalue weighted by Gasteiger charge is -2.09. The molecule has 0 aromatic carbocycles. The highest BCUT2D eigenvalue weighted by Crippen LogP contribution is 2.35. The number of hydrogen-bond donors (Lipinski definition) is 0. The van der Waals surface area contributed by atoms with Gasteiger partial charge in [-0.15, -0.1) is 0 Å². The van der Waals surface area contributed by atoms with Crippen molar-refractivity contribution < 1.29 is 17.4 Å². The van der Waals surface area contributed by atoms with Crippen molar-refractivity contribution >= 4 is 12.0 Å². The predicted molar refractivity (Wildman–Crippen MR) is 42.1 cm³/mol. The van der Waals surface area contributed by atoms with E-state index in [1.807, 2.05) is 0 Å². The molecule has 0 spiro atoms. The lowest BCUT2D eigenvalue weighted by Crippen LogP contribution is -2.07. The molecular formula is C7H6F3NOS. The van der Waals surface area contributed by atoms with Gasteiger partial charge >= 0.3 is 6.18 Å². The summed E-state index contributed by atoms with van der Waals surface area (Å²) in [5, 5.41) is -0.169. The fourth-order valence-electron chi connectivity index (χ4n) is 0.752. The molecule has 13 heavy (non-hydrogen) atoms. The fraction of sp³-hybridized carbons (Fsp3) is 0.286. The highest BCUT2D eigenvalue weighted by molar-refractivity contribution is 7.94. The minimum absolute atomic E-state index is 0.169. The lowest BCUT2D eigenvalue weighted by atomic mass is 10.3. The predicted octanol–water partition coefficient (Wildman–Crippen LogP) is 2.75. The van der Waals surface area contributed by atoms with Gasteiger partial charge in [0, 0.05) is 18.2 Å². The Morgan fingerprint density at radius 1 is 1.46 bits per heavy atom. The molecule has 72 valence electrons. The van der Waals surface area contributed by atoms with Crippen LogP contribution in [0.25, 0.3) is 0 Å². The lowest BCUT2D eigenvalue weighted by molar-refractivity contribution is -0.140. The Morgan fingerprint density at radius 3 is 2.69 bits per heavy atom. The first-order valence-electron chi connectivity index (χ1n) is 3.28. The molecule has 0 unspecified atom stereocenters. The van der Waals surface area contributed by atoms with Gasteiger partial charge in [0.15, 0.2) is 0 Å². The number of pyridine rings is 1. The van der Waals surface area contributed by atoms with Crippen LogP contribution in [0.15, 0.2) is 23.4 Å². The summed E-state index contributed by atoms with van der Waals surface area (Å²) in [6.07, 6.45) is -3.09. The van der Waals surface area contributed by atoms with Gasteiger partial charge in [-0.05, 0) is 12.1 Å². The van der Waals surface area contributed by atoms with E-state index in [2.05, 4.69) is 9.17 Å². The van der Waals surface area contributed by atoms with Crippen LogP contribution in [0.3, 0.4) is 0 Å². The van der Waals surface area contributed by atoms with Crippen LogP contribution in [0.2, 0.25) is 0 Å². The summed E-state index contributed by atoms with van der Waals surface area (Å²) in [5.74, 6) is 0. The van der Waals surface area contributed by atoms with Gasteiger partial charge in [-0.25, -0.2) is 4.98 Å². The zero-order valence-corrected chi connectivity index (χ0v) is 7.45. The smallest absolute Gasteiger partial charge is 0.312 e. The number of hydrogen-bond acceptors (Lipinski definition) is 3. The Morgan fingerprint density at radius 2 is 2.15 bits per heavy atom. The SMILES string of the molecule is COSc1ncccc1C(F)(F)F. The second-order valence-electron chi connectivity index (χ2n) is 2.10. The molecule has 0 amide bonds. The van der Waals surface area contributed by atoms with Gasteiger partial charge in [-0.2, -0.15) is 13.2 Å². The minimum atomic E-state index is -4.38. The molecule has 0 atom stereocenters. The molecule has 0 N–H and O–H groups in total. The number of rotatable bonds is 2. The second-order valence-corrected chi connectivity index (χ2v) is 2.99. The Kier molecular flexibility index (Phi) is 3.16. The van der Waals surface area contributed by atoms with Crippen LogP contribution in [0.5, 0.6) is 0 Å². The molecule has 0 saturated heterocycles. The van der Waals surface area contributed by atoms with Crippen LogP contribution in [0, 0.1) is 0 Å². The van der Waals surface area contributed by atoms with E-state index in [-0.39, 0.29) is 5.03 Å². The van der Waals surface area contributed by atoms with E-state index >= 15 is 0 Å². The first-order valence-corrected chi connectivity index (χ1v) is 4.02. The molecule has 0 aliphatic rings. The van der Waals surface area contributed by atoms with E-state index in [0.717, 1.165) is 6.07 Å². The summed E-state index contributed by atoms with van der Waals surface area (Å²) >= 11 is 0.598. The fourth-order valence-corrected chi connectivity index (χ4v) is 1.29. The van der Waals surface area contributed by atoms with Gasteiger partial charge in [0.05, 0.1) is 12.7 Å². The summed E-state index contributed by atoms with van der Waals surface area (Å²) in [7, 11) is 1.29. The highest BCUT2D eigenvalue weighted by Gasteiger charge is 2.34. The maximum Gasteiger partial charge on any atom is 0.419 e. The molecular weight excluding hydrogens is 203 g/mol. The van der Waals surface area contributed by atoms with Crippen LogP contribution in [0.4, 0.5) is 13.2 Å². The van der Waals surface area contributed by atoms with Crippen molar-refractivity contribution in [2.75, 3.05) is 7.11 Å². The number of nitrogens with zero attached hydrogens (tertiary/aromatic N) is 1. The monoisotopic (exact) mass is 209 g/mol. The highest BCUT2D eigenvalue weighted by atomic mass is 32.2. The van der Waals surface area contributed by atoms with E-state index in [1.54, 1.807) is 0 Å². The molecule has 0 aliphatic heterocycles. The van der Waals surface area contributed by atoms with Crippen molar-refractivity contribution in [1.29, 1.82) is 0 Å². The molecule has 0 bridgehead atoms. The van der Waals surface area contributed by atoms with Crippen LogP contribution in [0.1, 0.15) is 5.56 Å². The average Bonchev–Trinajstić information content (AvgIpc) is 2.04. The first-order chi connectivity index (χ1) is 6.05. The molecule has 6 heteroatoms. The quantitative estimate of drug-likeness (QED) is 0.699. The third kappa shape index (κ3) is 2.60. The van der Waals surface area contributed by atoms with Crippen molar-refractivity contribution in [1.82, 2.24) is 4.98 Å². The Balaban J connectivity index is 3.05. The van der Waals surface area contributed by atoms with Crippen molar-refractivity contribution in [2.45, 2.75) is 11.2 Å². The molecule has 1 aromatic heterocycles. The van der Waals surface area contributed by atoms with E-state index < -0.39 is 11.7 Å². The third-order valence-electron chi connectivity index (χ3n) is 1.24. The van der Waals surface area contributed by atoms with Crippen LogP contribution in [-0.2, 0) is 10.4 Å².